The summed E-state index contributed by atoms with van der Waals surface area (Å²) < 4.78 is 1.65. The van der Waals surface area contributed by atoms with Crippen LogP contribution in [0.15, 0.2) is 47.5 Å². The highest BCUT2D eigenvalue weighted by Crippen LogP contribution is 2.43. The van der Waals surface area contributed by atoms with E-state index in [0.717, 1.165) is 73.9 Å². The molecule has 2 aromatic carbocycles. The first-order valence-electron chi connectivity index (χ1n) is 31.7. The van der Waals surface area contributed by atoms with Crippen LogP contribution in [0.2, 0.25) is 0 Å². The summed E-state index contributed by atoms with van der Waals surface area (Å²) in [6.07, 6.45) is 57.8. The van der Waals surface area contributed by atoms with Crippen LogP contribution in [0.25, 0.3) is 16.9 Å². The maximum atomic E-state index is 13.0. The van der Waals surface area contributed by atoms with Gasteiger partial charge in [-0.25, -0.2) is 4.70 Å². The van der Waals surface area contributed by atoms with E-state index in [1.807, 2.05) is 0 Å². The van der Waals surface area contributed by atoms with Crippen molar-refractivity contribution in [1.29, 1.82) is 0 Å². The Morgan fingerprint density at radius 2 is 0.592 bits per heavy atom. The van der Waals surface area contributed by atoms with Crippen molar-refractivity contribution >= 4 is 11.4 Å². The molecular weight excluding hydrogens is 857 g/mol. The highest BCUT2D eigenvalue weighted by atomic mass is 15.2. The van der Waals surface area contributed by atoms with Gasteiger partial charge in [0.1, 0.15) is 5.57 Å². The molecule has 71 heavy (non-hydrogen) atoms. The summed E-state index contributed by atoms with van der Waals surface area (Å²) in [7, 11) is 0. The molecule has 0 saturated heterocycles. The molecule has 400 valence electrons. The predicted octanol–water partition coefficient (Wildman–Crippen LogP) is 23.1. The lowest BCUT2D eigenvalue weighted by molar-refractivity contribution is -0.345. The Hall–Kier alpha value is -2.92. The van der Waals surface area contributed by atoms with Gasteiger partial charge in [0.25, 0.3) is 0 Å². The molecule has 2 heteroatoms. The molecular formula is C69H114N2. The smallest absolute Gasteiger partial charge is 0.223 e. The molecule has 1 aliphatic rings. The average molecular weight is 972 g/mol. The Kier molecular flexibility index (Phi) is 37.3. The van der Waals surface area contributed by atoms with Crippen LogP contribution in [0.4, 0.5) is 0 Å². The number of unbranched alkanes of at least 4 members (excludes halogenated alkanes) is 34. The third-order valence-corrected chi connectivity index (χ3v) is 15.6. The van der Waals surface area contributed by atoms with E-state index in [2.05, 4.69) is 89.8 Å². The summed E-state index contributed by atoms with van der Waals surface area (Å²) in [4.78, 5) is 0. The number of hydrogen-bond donors (Lipinski definition) is 0. The van der Waals surface area contributed by atoms with Crippen molar-refractivity contribution in [3.05, 3.63) is 86.5 Å². The van der Waals surface area contributed by atoms with E-state index < -0.39 is 0 Å². The molecule has 2 nitrogen and oxygen atoms in total. The maximum Gasteiger partial charge on any atom is 0.223 e. The molecule has 0 amide bonds. The SMILES string of the molecule is CCCCCCCCCCCCCCCC#CC1=C(c2cc(CCCC)cc(CCCCCCCC)c2)[N+](=[N-])C(c2cc(CCCC)cc(CCCCCCCC)c2)=C1CCCCCCCCCCCC. The van der Waals surface area contributed by atoms with E-state index in [1.54, 1.807) is 4.70 Å². The van der Waals surface area contributed by atoms with E-state index in [1.165, 1.54) is 271 Å². The number of hydrogen-bond acceptors (Lipinski definition) is 0. The second-order valence-corrected chi connectivity index (χ2v) is 22.4. The molecule has 0 fully saturated rings. The van der Waals surface area contributed by atoms with Crippen LogP contribution in [0, 0.1) is 11.8 Å². The Morgan fingerprint density at radius 3 is 0.944 bits per heavy atom. The highest BCUT2D eigenvalue weighted by Gasteiger charge is 2.36. The molecule has 1 aliphatic heterocycles. The minimum Gasteiger partial charge on any atom is -0.493 e. The molecule has 0 saturated carbocycles. The average Bonchev–Trinajstić information content (AvgIpc) is 3.66. The van der Waals surface area contributed by atoms with Gasteiger partial charge in [-0.1, -0.05) is 277 Å². The monoisotopic (exact) mass is 971 g/mol. The summed E-state index contributed by atoms with van der Waals surface area (Å²) >= 11 is 0. The lowest BCUT2D eigenvalue weighted by Gasteiger charge is -2.14. The molecule has 0 unspecified atom stereocenters. The number of nitrogens with zero attached hydrogens (tertiary/aromatic N) is 2. The van der Waals surface area contributed by atoms with E-state index in [-0.39, 0.29) is 0 Å². The second kappa shape index (κ2) is 42.4. The first kappa shape index (κ1) is 62.4. The highest BCUT2D eigenvalue weighted by molar-refractivity contribution is 5.86. The van der Waals surface area contributed by atoms with Crippen molar-refractivity contribution < 1.29 is 4.70 Å². The Morgan fingerprint density at radius 1 is 0.310 bits per heavy atom. The van der Waals surface area contributed by atoms with E-state index >= 15 is 0 Å². The molecule has 0 bridgehead atoms. The molecule has 0 aliphatic carbocycles. The minimum atomic E-state index is 0.926. The number of aryl methyl sites for hydroxylation is 4. The van der Waals surface area contributed by atoms with Crippen LogP contribution in [-0.4, -0.2) is 4.70 Å². The van der Waals surface area contributed by atoms with Crippen molar-refractivity contribution in [2.24, 2.45) is 0 Å². The first-order chi connectivity index (χ1) is 35.0. The zero-order valence-electron chi connectivity index (χ0n) is 48.2. The van der Waals surface area contributed by atoms with Gasteiger partial charge in [-0.05, 0) is 117 Å². The predicted molar refractivity (Wildman–Crippen MR) is 316 cm³/mol. The van der Waals surface area contributed by atoms with E-state index in [0.29, 0.717) is 0 Å². The van der Waals surface area contributed by atoms with Gasteiger partial charge < -0.3 is 5.53 Å². The molecule has 0 atom stereocenters. The Bertz CT molecular complexity index is 1790. The fourth-order valence-corrected chi connectivity index (χ4v) is 11.1. The summed E-state index contributed by atoms with van der Waals surface area (Å²) in [6.45, 7) is 13.9. The van der Waals surface area contributed by atoms with Crippen LogP contribution >= 0.6 is 0 Å². The zero-order chi connectivity index (χ0) is 50.8. The van der Waals surface area contributed by atoms with Crippen molar-refractivity contribution in [2.45, 2.75) is 330 Å². The van der Waals surface area contributed by atoms with Gasteiger partial charge in [0.15, 0.2) is 0 Å². The second-order valence-electron chi connectivity index (χ2n) is 22.4. The van der Waals surface area contributed by atoms with Crippen molar-refractivity contribution in [3.63, 3.8) is 0 Å². The summed E-state index contributed by atoms with van der Waals surface area (Å²) in [5.74, 6) is 7.66. The fraction of sp³-hybridized carbons (Fsp3) is 0.739. The largest absolute Gasteiger partial charge is 0.493 e. The zero-order valence-corrected chi connectivity index (χ0v) is 48.2. The van der Waals surface area contributed by atoms with Crippen LogP contribution in [0.3, 0.4) is 0 Å². The molecule has 0 N–H and O–H groups in total. The van der Waals surface area contributed by atoms with Gasteiger partial charge in [0, 0.05) is 23.1 Å². The number of allylic oxidation sites excluding steroid dienone is 2. The quantitative estimate of drug-likeness (QED) is 0.0359. The molecule has 0 radical (unpaired) electrons. The Balaban J connectivity index is 2.02. The molecule has 1 heterocycles. The number of rotatable bonds is 46. The van der Waals surface area contributed by atoms with Crippen LogP contribution in [0.5, 0.6) is 0 Å². The summed E-state index contributed by atoms with van der Waals surface area (Å²) in [5, 5.41) is 0. The summed E-state index contributed by atoms with van der Waals surface area (Å²) in [5.41, 5.74) is 25.5. The van der Waals surface area contributed by atoms with Gasteiger partial charge in [-0.3, -0.25) is 0 Å². The molecule has 0 spiro atoms. The van der Waals surface area contributed by atoms with Gasteiger partial charge in [0.05, 0.1) is 0 Å². The van der Waals surface area contributed by atoms with Crippen molar-refractivity contribution in [2.75, 3.05) is 0 Å². The minimum absolute atomic E-state index is 0.926. The van der Waals surface area contributed by atoms with Crippen molar-refractivity contribution in [3.8, 4) is 11.8 Å². The van der Waals surface area contributed by atoms with Crippen LogP contribution in [-0.2, 0) is 25.7 Å². The van der Waals surface area contributed by atoms with Gasteiger partial charge >= 0.3 is 0 Å². The topological polar surface area (TPSA) is 25.3 Å². The van der Waals surface area contributed by atoms with E-state index in [9.17, 15) is 5.53 Å². The lowest BCUT2D eigenvalue weighted by atomic mass is 9.91. The fourth-order valence-electron chi connectivity index (χ4n) is 11.1. The van der Waals surface area contributed by atoms with Gasteiger partial charge in [0.2, 0.25) is 11.4 Å². The third-order valence-electron chi connectivity index (χ3n) is 15.6. The van der Waals surface area contributed by atoms with Crippen LogP contribution in [0.1, 0.15) is 338 Å². The van der Waals surface area contributed by atoms with Gasteiger partial charge in [-0.2, -0.15) is 0 Å². The summed E-state index contributed by atoms with van der Waals surface area (Å²) in [6, 6.07) is 14.8. The normalized spacial score (nSPS) is 12.7. The van der Waals surface area contributed by atoms with Crippen LogP contribution < -0.4 is 0 Å². The standard InChI is InChI=1S/C69H114N2/c1-7-13-19-23-27-29-31-32-33-34-35-37-39-43-47-53-67-66(52-46-42-38-36-30-28-24-20-14-8-2)68(64-56-60(48-17-11-5)54-62(58-64)50-44-40-25-21-15-9-3)71(70)69(67)65-57-61(49-18-12-6)55-63(59-65)51-45-41-26-22-16-10-4/h54-59H,7-46,48-52H2,1-6H3. The van der Waals surface area contributed by atoms with Gasteiger partial charge in [-0.15, -0.1) is 0 Å². The molecule has 3 rings (SSSR count). The molecule has 2 aromatic rings. The lowest BCUT2D eigenvalue weighted by Crippen LogP contribution is -2.05. The van der Waals surface area contributed by atoms with Crippen molar-refractivity contribution in [1.82, 2.24) is 0 Å². The van der Waals surface area contributed by atoms with E-state index in [4.69, 9.17) is 0 Å². The Labute approximate surface area is 442 Å². The first-order valence-corrected chi connectivity index (χ1v) is 31.7. The maximum absolute atomic E-state index is 13.0. The number of benzene rings is 2. The third kappa shape index (κ3) is 27.3. The molecule has 0 aromatic heterocycles.